The molecule has 1 aliphatic rings. The second-order valence-corrected chi connectivity index (χ2v) is 8.79. The number of likely N-dealkylation sites (N-methyl/N-ethyl adjacent to an activating group) is 1. The summed E-state index contributed by atoms with van der Waals surface area (Å²) < 4.78 is 34.0. The van der Waals surface area contributed by atoms with Crippen molar-refractivity contribution in [1.82, 2.24) is 19.4 Å². The summed E-state index contributed by atoms with van der Waals surface area (Å²) in [5, 5.41) is 0.147. The van der Waals surface area contributed by atoms with E-state index in [1.54, 1.807) is 0 Å². The van der Waals surface area contributed by atoms with E-state index in [4.69, 9.17) is 4.98 Å². The molecule has 0 unspecified atom stereocenters. The molecule has 1 aliphatic heterocycles. The molecule has 0 aliphatic carbocycles. The number of hydrogen-bond acceptors (Lipinski definition) is 6. The lowest BCUT2D eigenvalue weighted by atomic mass is 10.2. The van der Waals surface area contributed by atoms with Gasteiger partial charge in [-0.25, -0.2) is 4.98 Å². The van der Waals surface area contributed by atoms with Crippen molar-refractivity contribution in [3.05, 3.63) is 64.7 Å². The standard InChI is InChI=1S/C21H24N4O4S/c1-2-23-10-12-24(13-11-23)15-20-22-19-9-8-17(30(27,28)29)14-18(19)21(26)25(20)16-6-4-3-5-7-16/h3-9,14H,2,10-13,15H2,1H3,(H,27,28,29). The molecule has 0 atom stereocenters. The Kier molecular flexibility index (Phi) is 5.70. The van der Waals surface area contributed by atoms with Crippen LogP contribution in [0.25, 0.3) is 16.6 Å². The molecule has 2 aromatic carbocycles. The van der Waals surface area contributed by atoms with Crippen LogP contribution >= 0.6 is 0 Å². The zero-order valence-corrected chi connectivity index (χ0v) is 17.5. The maximum Gasteiger partial charge on any atom is 0.294 e. The van der Waals surface area contributed by atoms with Crippen LogP contribution in [0.3, 0.4) is 0 Å². The molecule has 0 radical (unpaired) electrons. The van der Waals surface area contributed by atoms with Gasteiger partial charge in [-0.3, -0.25) is 18.8 Å². The summed E-state index contributed by atoms with van der Waals surface area (Å²) in [7, 11) is -4.42. The van der Waals surface area contributed by atoms with E-state index in [1.807, 2.05) is 30.3 Å². The van der Waals surface area contributed by atoms with Gasteiger partial charge in [0.15, 0.2) is 0 Å². The maximum absolute atomic E-state index is 13.4. The molecule has 158 valence electrons. The highest BCUT2D eigenvalue weighted by atomic mass is 32.2. The highest BCUT2D eigenvalue weighted by molar-refractivity contribution is 7.85. The zero-order chi connectivity index (χ0) is 21.3. The number of nitrogens with zero attached hydrogens (tertiary/aromatic N) is 4. The fourth-order valence-corrected chi connectivity index (χ4v) is 4.29. The predicted molar refractivity (Wildman–Crippen MR) is 115 cm³/mol. The van der Waals surface area contributed by atoms with Crippen LogP contribution < -0.4 is 5.56 Å². The van der Waals surface area contributed by atoms with E-state index in [0.29, 0.717) is 23.6 Å². The van der Waals surface area contributed by atoms with Gasteiger partial charge in [0.1, 0.15) is 5.82 Å². The van der Waals surface area contributed by atoms with Crippen LogP contribution in [0.1, 0.15) is 12.7 Å². The van der Waals surface area contributed by atoms with Crippen molar-refractivity contribution in [1.29, 1.82) is 0 Å². The molecule has 2 heterocycles. The van der Waals surface area contributed by atoms with E-state index in [9.17, 15) is 17.8 Å². The number of para-hydroxylation sites is 1. The fraction of sp³-hybridized carbons (Fsp3) is 0.333. The molecule has 1 fully saturated rings. The minimum atomic E-state index is -4.42. The van der Waals surface area contributed by atoms with Crippen LogP contribution in [-0.4, -0.2) is 65.0 Å². The Bertz CT molecular complexity index is 1220. The summed E-state index contributed by atoms with van der Waals surface area (Å²) in [6.07, 6.45) is 0. The van der Waals surface area contributed by atoms with E-state index in [0.717, 1.165) is 32.7 Å². The van der Waals surface area contributed by atoms with Crippen molar-refractivity contribution < 1.29 is 13.0 Å². The van der Waals surface area contributed by atoms with Gasteiger partial charge in [0.25, 0.3) is 15.7 Å². The monoisotopic (exact) mass is 428 g/mol. The number of benzene rings is 2. The third-order valence-electron chi connectivity index (χ3n) is 5.50. The first kappa shape index (κ1) is 20.7. The van der Waals surface area contributed by atoms with Gasteiger partial charge in [-0.2, -0.15) is 8.42 Å². The molecule has 3 aromatic rings. The summed E-state index contributed by atoms with van der Waals surface area (Å²) in [5.41, 5.74) is 0.706. The molecular formula is C21H24N4O4S. The van der Waals surface area contributed by atoms with Crippen LogP contribution in [0, 0.1) is 0 Å². The van der Waals surface area contributed by atoms with E-state index in [2.05, 4.69) is 16.7 Å². The first-order chi connectivity index (χ1) is 14.4. The molecule has 0 saturated carbocycles. The molecule has 0 amide bonds. The fourth-order valence-electron chi connectivity index (χ4n) is 3.78. The predicted octanol–water partition coefficient (Wildman–Crippen LogP) is 1.77. The lowest BCUT2D eigenvalue weighted by Gasteiger charge is -2.34. The summed E-state index contributed by atoms with van der Waals surface area (Å²) in [4.78, 5) is 22.4. The molecule has 8 nitrogen and oxygen atoms in total. The first-order valence-electron chi connectivity index (χ1n) is 9.90. The molecule has 0 bridgehead atoms. The summed E-state index contributed by atoms with van der Waals surface area (Å²) in [5.74, 6) is 0.600. The molecule has 1 N–H and O–H groups in total. The van der Waals surface area contributed by atoms with E-state index < -0.39 is 10.1 Å². The average molecular weight is 429 g/mol. The molecule has 30 heavy (non-hydrogen) atoms. The highest BCUT2D eigenvalue weighted by Gasteiger charge is 2.21. The summed E-state index contributed by atoms with van der Waals surface area (Å²) in [6.45, 7) is 7.39. The average Bonchev–Trinajstić information content (AvgIpc) is 2.74. The van der Waals surface area contributed by atoms with Crippen LogP contribution in [-0.2, 0) is 16.7 Å². The number of aromatic nitrogens is 2. The Balaban J connectivity index is 1.83. The van der Waals surface area contributed by atoms with Crippen LogP contribution in [0.15, 0.2) is 58.2 Å². The highest BCUT2D eigenvalue weighted by Crippen LogP contribution is 2.18. The van der Waals surface area contributed by atoms with Gasteiger partial charge in [0, 0.05) is 26.2 Å². The third-order valence-corrected chi connectivity index (χ3v) is 6.35. The lowest BCUT2D eigenvalue weighted by Crippen LogP contribution is -2.46. The normalized spacial score (nSPS) is 16.2. The molecule has 1 saturated heterocycles. The Labute approximate surface area is 175 Å². The number of fused-ring (bicyclic) bond motifs is 1. The van der Waals surface area contributed by atoms with Gasteiger partial charge in [0.05, 0.1) is 28.0 Å². The number of hydrogen-bond donors (Lipinski definition) is 1. The second kappa shape index (κ2) is 8.27. The van der Waals surface area contributed by atoms with Crippen molar-refractivity contribution in [3.8, 4) is 5.69 Å². The van der Waals surface area contributed by atoms with Crippen LogP contribution in [0.4, 0.5) is 0 Å². The Hall–Kier alpha value is -2.59. The lowest BCUT2D eigenvalue weighted by molar-refractivity contribution is 0.129. The van der Waals surface area contributed by atoms with Gasteiger partial charge < -0.3 is 4.90 Å². The Morgan fingerprint density at radius 1 is 1.00 bits per heavy atom. The van der Waals surface area contributed by atoms with Crippen molar-refractivity contribution in [2.24, 2.45) is 0 Å². The molecule has 9 heteroatoms. The van der Waals surface area contributed by atoms with E-state index in [-0.39, 0.29) is 15.8 Å². The van der Waals surface area contributed by atoms with Gasteiger partial charge in [-0.1, -0.05) is 25.1 Å². The van der Waals surface area contributed by atoms with Gasteiger partial charge >= 0.3 is 0 Å². The summed E-state index contributed by atoms with van der Waals surface area (Å²) in [6, 6.07) is 13.1. The smallest absolute Gasteiger partial charge is 0.294 e. The van der Waals surface area contributed by atoms with Gasteiger partial charge in [-0.05, 0) is 36.9 Å². The van der Waals surface area contributed by atoms with Crippen LogP contribution in [0.5, 0.6) is 0 Å². The van der Waals surface area contributed by atoms with Crippen molar-refractivity contribution in [2.45, 2.75) is 18.4 Å². The summed E-state index contributed by atoms with van der Waals surface area (Å²) >= 11 is 0. The minimum absolute atomic E-state index is 0.147. The largest absolute Gasteiger partial charge is 0.301 e. The number of rotatable bonds is 5. The van der Waals surface area contributed by atoms with Crippen LogP contribution in [0.2, 0.25) is 0 Å². The number of piperazine rings is 1. The molecule has 1 aromatic heterocycles. The van der Waals surface area contributed by atoms with Crippen molar-refractivity contribution in [2.75, 3.05) is 32.7 Å². The Morgan fingerprint density at radius 2 is 1.67 bits per heavy atom. The third kappa shape index (κ3) is 4.15. The van der Waals surface area contributed by atoms with Gasteiger partial charge in [0.2, 0.25) is 0 Å². The van der Waals surface area contributed by atoms with E-state index in [1.165, 1.54) is 22.8 Å². The zero-order valence-electron chi connectivity index (χ0n) is 16.7. The molecular weight excluding hydrogens is 404 g/mol. The quantitative estimate of drug-likeness (QED) is 0.619. The molecule has 4 rings (SSSR count). The second-order valence-electron chi connectivity index (χ2n) is 7.37. The SMILES string of the molecule is CCN1CCN(Cc2nc3ccc(S(=O)(=O)O)cc3c(=O)n2-c2ccccc2)CC1. The van der Waals surface area contributed by atoms with Crippen molar-refractivity contribution in [3.63, 3.8) is 0 Å². The molecule has 0 spiro atoms. The van der Waals surface area contributed by atoms with Gasteiger partial charge in [-0.15, -0.1) is 0 Å². The topological polar surface area (TPSA) is 95.7 Å². The van der Waals surface area contributed by atoms with Crippen molar-refractivity contribution >= 4 is 21.0 Å². The van der Waals surface area contributed by atoms with E-state index >= 15 is 0 Å². The minimum Gasteiger partial charge on any atom is -0.301 e. The maximum atomic E-state index is 13.4. The Morgan fingerprint density at radius 3 is 2.30 bits per heavy atom. The first-order valence-corrected chi connectivity index (χ1v) is 11.3.